The fourth-order valence-corrected chi connectivity index (χ4v) is 2.80. The van der Waals surface area contributed by atoms with Crippen molar-refractivity contribution >= 4 is 32.0 Å². The van der Waals surface area contributed by atoms with E-state index in [0.717, 1.165) is 12.1 Å². The Kier molecular flexibility index (Phi) is 5.09. The van der Waals surface area contributed by atoms with Gasteiger partial charge in [-0.3, -0.25) is 4.72 Å². The molecule has 9 nitrogen and oxygen atoms in total. The van der Waals surface area contributed by atoms with E-state index in [1.807, 2.05) is 0 Å². The van der Waals surface area contributed by atoms with E-state index >= 15 is 0 Å². The van der Waals surface area contributed by atoms with Crippen LogP contribution in [-0.4, -0.2) is 29.5 Å². The van der Waals surface area contributed by atoms with Crippen LogP contribution in [0.15, 0.2) is 23.1 Å². The summed E-state index contributed by atoms with van der Waals surface area (Å²) >= 11 is 0. The Morgan fingerprint density at radius 3 is 2.48 bits per heavy atom. The number of sulfonamides is 1. The highest BCUT2D eigenvalue weighted by atomic mass is 32.2. The Bertz CT molecular complexity index is 747. The van der Waals surface area contributed by atoms with Gasteiger partial charge in [-0.25, -0.2) is 27.5 Å². The molecule has 21 heavy (non-hydrogen) atoms. The molecule has 0 saturated carbocycles. The third kappa shape index (κ3) is 5.17. The first-order valence-electron chi connectivity index (χ1n) is 5.35. The number of amides is 1. The Hall–Kier alpha value is -1.92. The quantitative estimate of drug-likeness (QED) is 0.680. The van der Waals surface area contributed by atoms with E-state index in [2.05, 4.69) is 4.74 Å². The minimum atomic E-state index is -4.52. The first-order chi connectivity index (χ1) is 9.55. The maximum absolute atomic E-state index is 13.1. The molecule has 0 heterocycles. The maximum atomic E-state index is 13.1. The van der Waals surface area contributed by atoms with Crippen LogP contribution in [0.4, 0.5) is 14.9 Å². The number of nitrogens with one attached hydrogen (secondary N) is 2. The summed E-state index contributed by atoms with van der Waals surface area (Å²) < 4.78 is 66.3. The number of anilines is 1. The standard InChI is InChI=1S/C9H12FN3O6S2/c1-2-19-9(14)13-21(17,18)12-7-5-6(10)3-4-8(7)20(11,15)16/h3-5,12H,2H2,1H3,(H,13,14)(H2,11,15,16). The monoisotopic (exact) mass is 341 g/mol. The SMILES string of the molecule is CCOC(=O)NS(=O)(=O)Nc1cc(F)ccc1S(N)(=O)=O. The lowest BCUT2D eigenvalue weighted by atomic mass is 10.3. The Morgan fingerprint density at radius 2 is 1.95 bits per heavy atom. The second-order valence-electron chi connectivity index (χ2n) is 3.61. The molecule has 0 aliphatic carbocycles. The predicted octanol–water partition coefficient (Wildman–Crippen LogP) is -0.124. The van der Waals surface area contributed by atoms with Crippen molar-refractivity contribution in [2.45, 2.75) is 11.8 Å². The fraction of sp³-hybridized carbons (Fsp3) is 0.222. The molecule has 118 valence electrons. The van der Waals surface area contributed by atoms with Crippen LogP contribution in [0.25, 0.3) is 0 Å². The van der Waals surface area contributed by atoms with Gasteiger partial charge in [0.05, 0.1) is 12.3 Å². The zero-order chi connectivity index (χ0) is 16.3. The molecule has 0 saturated heterocycles. The van der Waals surface area contributed by atoms with E-state index in [1.165, 1.54) is 11.6 Å². The summed E-state index contributed by atoms with van der Waals surface area (Å²) in [5, 5.41) is 4.88. The van der Waals surface area contributed by atoms with Crippen molar-refractivity contribution in [2.75, 3.05) is 11.3 Å². The molecule has 0 unspecified atom stereocenters. The van der Waals surface area contributed by atoms with Crippen molar-refractivity contribution in [1.29, 1.82) is 0 Å². The van der Waals surface area contributed by atoms with Crippen molar-refractivity contribution in [3.8, 4) is 0 Å². The molecule has 0 radical (unpaired) electrons. The Labute approximate surface area is 120 Å². The molecular weight excluding hydrogens is 329 g/mol. The van der Waals surface area contributed by atoms with Gasteiger partial charge in [-0.05, 0) is 25.1 Å². The first-order valence-corrected chi connectivity index (χ1v) is 8.38. The van der Waals surface area contributed by atoms with E-state index in [1.54, 1.807) is 4.72 Å². The normalized spacial score (nSPS) is 11.8. The van der Waals surface area contributed by atoms with E-state index in [0.29, 0.717) is 6.07 Å². The summed E-state index contributed by atoms with van der Waals surface area (Å²) in [5.74, 6) is -0.906. The molecule has 0 fully saturated rings. The van der Waals surface area contributed by atoms with Crippen LogP contribution < -0.4 is 14.6 Å². The number of halogens is 1. The van der Waals surface area contributed by atoms with Crippen LogP contribution in [0.5, 0.6) is 0 Å². The smallest absolute Gasteiger partial charge is 0.422 e. The van der Waals surface area contributed by atoms with Crippen LogP contribution >= 0.6 is 0 Å². The minimum absolute atomic E-state index is 0.0796. The molecule has 0 aliphatic rings. The number of nitrogens with two attached hydrogens (primary N) is 1. The molecule has 0 spiro atoms. The molecule has 12 heteroatoms. The van der Waals surface area contributed by atoms with Crippen LogP contribution in [0.3, 0.4) is 0 Å². The number of primary sulfonamides is 1. The molecule has 0 atom stereocenters. The van der Waals surface area contributed by atoms with E-state index < -0.39 is 42.7 Å². The number of benzene rings is 1. The molecule has 1 rings (SSSR count). The number of ether oxygens (including phenoxy) is 1. The maximum Gasteiger partial charge on any atom is 0.422 e. The number of carbonyl (C=O) groups excluding carboxylic acids is 1. The summed E-state index contributed by atoms with van der Waals surface area (Å²) in [6, 6.07) is 2.17. The summed E-state index contributed by atoms with van der Waals surface area (Å²) in [7, 11) is -8.82. The summed E-state index contributed by atoms with van der Waals surface area (Å²) in [6.45, 7) is 1.37. The summed E-state index contributed by atoms with van der Waals surface area (Å²) in [6.07, 6.45) is -1.28. The number of hydrogen-bond donors (Lipinski definition) is 3. The summed E-state index contributed by atoms with van der Waals surface area (Å²) in [5.41, 5.74) is -0.644. The van der Waals surface area contributed by atoms with Crippen LogP contribution in [-0.2, 0) is 25.0 Å². The van der Waals surface area contributed by atoms with E-state index in [9.17, 15) is 26.0 Å². The lowest BCUT2D eigenvalue weighted by molar-refractivity contribution is 0.159. The van der Waals surface area contributed by atoms with Gasteiger partial charge in [-0.2, -0.15) is 8.42 Å². The Balaban J connectivity index is 3.13. The summed E-state index contributed by atoms with van der Waals surface area (Å²) in [4.78, 5) is 10.4. The lowest BCUT2D eigenvalue weighted by Gasteiger charge is -2.12. The van der Waals surface area contributed by atoms with E-state index in [-0.39, 0.29) is 6.61 Å². The average Bonchev–Trinajstić information content (AvgIpc) is 2.25. The molecule has 4 N–H and O–H groups in total. The molecule has 0 aromatic heterocycles. The topological polar surface area (TPSA) is 145 Å². The molecule has 1 aromatic rings. The zero-order valence-electron chi connectivity index (χ0n) is 10.7. The molecular formula is C9H12FN3O6S2. The third-order valence-corrected chi connectivity index (χ3v) is 3.88. The highest BCUT2D eigenvalue weighted by molar-refractivity contribution is 7.91. The molecule has 1 amide bonds. The van der Waals surface area contributed by atoms with Gasteiger partial charge in [0.15, 0.2) is 0 Å². The zero-order valence-corrected chi connectivity index (χ0v) is 12.3. The third-order valence-electron chi connectivity index (χ3n) is 1.99. The van der Waals surface area contributed by atoms with Crippen molar-refractivity contribution in [3.05, 3.63) is 24.0 Å². The Morgan fingerprint density at radius 1 is 1.33 bits per heavy atom. The lowest BCUT2D eigenvalue weighted by Crippen LogP contribution is -2.36. The van der Waals surface area contributed by atoms with Gasteiger partial charge < -0.3 is 4.74 Å². The fourth-order valence-electron chi connectivity index (χ4n) is 1.27. The highest BCUT2D eigenvalue weighted by Gasteiger charge is 2.21. The van der Waals surface area contributed by atoms with Gasteiger partial charge in [0.25, 0.3) is 0 Å². The van der Waals surface area contributed by atoms with Crippen molar-refractivity contribution in [2.24, 2.45) is 5.14 Å². The van der Waals surface area contributed by atoms with Gasteiger partial charge in [0.1, 0.15) is 10.7 Å². The van der Waals surface area contributed by atoms with Crippen molar-refractivity contribution in [1.82, 2.24) is 4.72 Å². The van der Waals surface area contributed by atoms with E-state index in [4.69, 9.17) is 5.14 Å². The van der Waals surface area contributed by atoms with Crippen LogP contribution in [0.1, 0.15) is 6.92 Å². The highest BCUT2D eigenvalue weighted by Crippen LogP contribution is 2.22. The average molecular weight is 341 g/mol. The van der Waals surface area contributed by atoms with Crippen molar-refractivity contribution < 1.29 is 30.8 Å². The number of hydrogen-bond acceptors (Lipinski definition) is 6. The van der Waals surface area contributed by atoms with Crippen molar-refractivity contribution in [3.63, 3.8) is 0 Å². The molecule has 0 aliphatic heterocycles. The van der Waals surface area contributed by atoms with Crippen LogP contribution in [0.2, 0.25) is 0 Å². The van der Waals surface area contributed by atoms with Gasteiger partial charge in [-0.1, -0.05) is 0 Å². The second-order valence-corrected chi connectivity index (χ2v) is 6.56. The number of rotatable bonds is 5. The minimum Gasteiger partial charge on any atom is -0.449 e. The molecule has 0 bridgehead atoms. The predicted molar refractivity (Wildman–Crippen MR) is 70.5 cm³/mol. The van der Waals surface area contributed by atoms with Crippen LogP contribution in [0, 0.1) is 5.82 Å². The largest absolute Gasteiger partial charge is 0.449 e. The van der Waals surface area contributed by atoms with Gasteiger partial charge >= 0.3 is 16.3 Å². The van der Waals surface area contributed by atoms with Gasteiger partial charge in [0, 0.05) is 0 Å². The van der Waals surface area contributed by atoms with Gasteiger partial charge in [0.2, 0.25) is 10.0 Å². The first kappa shape index (κ1) is 17.1. The molecule has 1 aromatic carbocycles. The second kappa shape index (κ2) is 6.24. The number of carbonyl (C=O) groups is 1. The van der Waals surface area contributed by atoms with Gasteiger partial charge in [-0.15, -0.1) is 0 Å².